The highest BCUT2D eigenvalue weighted by Crippen LogP contribution is 2.33. The van der Waals surface area contributed by atoms with Crippen LogP contribution in [0.1, 0.15) is 0 Å². The van der Waals surface area contributed by atoms with Gasteiger partial charge in [-0.25, -0.2) is 0 Å². The van der Waals surface area contributed by atoms with Gasteiger partial charge in [-0.3, -0.25) is 4.57 Å². The zero-order valence-electron chi connectivity index (χ0n) is 9.65. The van der Waals surface area contributed by atoms with Crippen LogP contribution in [0.5, 0.6) is 0 Å². The van der Waals surface area contributed by atoms with Crippen molar-refractivity contribution >= 4 is 35.7 Å². The van der Waals surface area contributed by atoms with Gasteiger partial charge in [0.25, 0.3) is 8.25 Å². The van der Waals surface area contributed by atoms with Gasteiger partial charge in [0.2, 0.25) is 17.1 Å². The van der Waals surface area contributed by atoms with Crippen molar-refractivity contribution in [3.8, 4) is 0 Å². The molecule has 0 aromatic heterocycles. The van der Waals surface area contributed by atoms with Crippen LogP contribution in [-0.2, 0) is 13.0 Å². The van der Waals surface area contributed by atoms with Crippen LogP contribution >= 0.6 is 8.25 Å². The molecule has 3 nitrogen and oxygen atoms in total. The van der Waals surface area contributed by atoms with E-state index >= 15 is 0 Å². The van der Waals surface area contributed by atoms with Gasteiger partial charge in [-0.2, -0.15) is 0 Å². The lowest BCUT2D eigenvalue weighted by molar-refractivity contribution is 0.456. The van der Waals surface area contributed by atoms with Crippen LogP contribution in [0.25, 0.3) is 0 Å². The Kier molecular flexibility index (Phi) is 3.58. The smallest absolute Gasteiger partial charge is 0.299 e. The lowest BCUT2D eigenvalue weighted by atomic mass is 10.4. The van der Waals surface area contributed by atoms with Crippen LogP contribution in [-0.4, -0.2) is 17.1 Å². The van der Waals surface area contributed by atoms with Gasteiger partial charge in [-0.05, 0) is 10.4 Å². The highest BCUT2D eigenvalue weighted by Gasteiger charge is 2.40. The third-order valence-electron chi connectivity index (χ3n) is 2.98. The van der Waals surface area contributed by atoms with Crippen LogP contribution in [0.15, 0.2) is 60.7 Å². The Morgan fingerprint density at radius 1 is 0.722 bits per heavy atom. The molecule has 0 bridgehead atoms. The lowest BCUT2D eigenvalue weighted by Gasteiger charge is -2.12. The first-order valence-corrected chi connectivity index (χ1v) is 11.8. The summed E-state index contributed by atoms with van der Waals surface area (Å²) in [5.74, 6) is 0. The molecule has 3 rings (SSSR count). The predicted molar refractivity (Wildman–Crippen MR) is 77.6 cm³/mol. The predicted octanol–water partition coefficient (Wildman–Crippen LogP) is 0.763. The van der Waals surface area contributed by atoms with Crippen LogP contribution < -0.4 is 10.4 Å². The van der Waals surface area contributed by atoms with Gasteiger partial charge in [0.1, 0.15) is 0 Å². The van der Waals surface area contributed by atoms with Gasteiger partial charge < -0.3 is 8.43 Å². The number of rotatable bonds is 2. The molecule has 0 amide bonds. The molecule has 0 saturated carbocycles. The molecule has 1 aliphatic rings. The molecule has 0 radical (unpaired) electrons. The number of benzene rings is 2. The fraction of sp³-hybridized carbons (Fsp3) is 0. The summed E-state index contributed by atoms with van der Waals surface area (Å²) in [5, 5.41) is 2.38. The highest BCUT2D eigenvalue weighted by molar-refractivity contribution is 7.50. The summed E-state index contributed by atoms with van der Waals surface area (Å²) >= 11 is 0. The van der Waals surface area contributed by atoms with Crippen LogP contribution in [0.4, 0.5) is 0 Å². The van der Waals surface area contributed by atoms with Crippen LogP contribution in [0.2, 0.25) is 0 Å². The maximum Gasteiger partial charge on any atom is 0.299 e. The van der Waals surface area contributed by atoms with Crippen molar-refractivity contribution < 1.29 is 13.0 Å². The zero-order chi connectivity index (χ0) is 12.4. The minimum Gasteiger partial charge on any atom is -0.352 e. The molecule has 18 heavy (non-hydrogen) atoms. The zero-order valence-corrected chi connectivity index (χ0v) is 13.0. The Morgan fingerprint density at radius 3 is 1.50 bits per heavy atom. The Labute approximate surface area is 110 Å². The fourth-order valence-corrected chi connectivity index (χ4v) is 16.1. The largest absolute Gasteiger partial charge is 0.352 e. The monoisotopic (exact) mass is 292 g/mol. The first-order chi connectivity index (χ1) is 8.84. The number of hydrogen-bond donors (Lipinski definition) is 0. The summed E-state index contributed by atoms with van der Waals surface area (Å²) < 4.78 is 22.9. The maximum atomic E-state index is 11.6. The van der Waals surface area contributed by atoms with E-state index in [9.17, 15) is 4.57 Å². The van der Waals surface area contributed by atoms with E-state index in [1.807, 2.05) is 36.4 Å². The van der Waals surface area contributed by atoms with E-state index in [-0.39, 0.29) is 0 Å². The van der Waals surface area contributed by atoms with Crippen molar-refractivity contribution in [1.82, 2.24) is 0 Å². The first-order valence-electron chi connectivity index (χ1n) is 5.82. The third-order valence-corrected chi connectivity index (χ3v) is 15.6. The Hall–Kier alpha value is -0.976. The molecule has 2 unspecified atom stereocenters. The second-order valence-electron chi connectivity index (χ2n) is 4.15. The van der Waals surface area contributed by atoms with E-state index in [4.69, 9.17) is 8.43 Å². The summed E-state index contributed by atoms with van der Waals surface area (Å²) in [6, 6.07) is 20.2. The second kappa shape index (κ2) is 5.34. The highest BCUT2D eigenvalue weighted by atomic mass is 31.1. The summed E-state index contributed by atoms with van der Waals surface area (Å²) in [7, 11) is -5.65. The molecule has 1 aliphatic heterocycles. The molecule has 0 N–H and O–H groups in total. The van der Waals surface area contributed by atoms with Crippen molar-refractivity contribution in [3.05, 3.63) is 60.7 Å². The molecule has 6 heteroatoms. The molecule has 1 fully saturated rings. The molecule has 1 heterocycles. The minimum absolute atomic E-state index is 1.19. The average Bonchev–Trinajstić information content (AvgIpc) is 2.83. The first kappa shape index (κ1) is 12.1. The van der Waals surface area contributed by atoms with Gasteiger partial charge in [0.15, 0.2) is 0 Å². The maximum absolute atomic E-state index is 11.6. The summed E-state index contributed by atoms with van der Waals surface area (Å²) in [4.78, 5) is 0. The van der Waals surface area contributed by atoms with E-state index in [2.05, 4.69) is 24.3 Å². The number of hydrogen-bond acceptors (Lipinski definition) is 3. The molecule has 1 saturated heterocycles. The molecule has 0 aliphatic carbocycles. The Balaban J connectivity index is 1.96. The fourth-order valence-electron chi connectivity index (χ4n) is 2.13. The van der Waals surface area contributed by atoms with Crippen molar-refractivity contribution in [1.29, 1.82) is 0 Å². The average molecular weight is 292 g/mol. The summed E-state index contributed by atoms with van der Waals surface area (Å²) in [6.07, 6.45) is 0. The Bertz CT molecular complexity index is 500. The molecule has 2 atom stereocenters. The van der Waals surface area contributed by atoms with E-state index in [0.29, 0.717) is 0 Å². The molecule has 2 aromatic carbocycles. The van der Waals surface area contributed by atoms with Crippen LogP contribution in [0.3, 0.4) is 0 Å². The molecular weight excluding hydrogens is 279 g/mol. The molecule has 92 valence electrons. The van der Waals surface area contributed by atoms with Gasteiger partial charge in [-0.15, -0.1) is 0 Å². The summed E-state index contributed by atoms with van der Waals surface area (Å²) in [5.41, 5.74) is 0. The van der Waals surface area contributed by atoms with Crippen molar-refractivity contribution in [2.24, 2.45) is 0 Å². The van der Waals surface area contributed by atoms with E-state index < -0.39 is 25.4 Å². The van der Waals surface area contributed by atoms with Gasteiger partial charge in [0, 0.05) is 0 Å². The van der Waals surface area contributed by atoms with Crippen molar-refractivity contribution in [2.45, 2.75) is 0 Å². The van der Waals surface area contributed by atoms with E-state index in [1.165, 1.54) is 10.4 Å². The standard InChI is InChI=1S/C12H13O3PSi2/c13-16-14-17(11-7-3-1-4-8-11)18(15-16)12-9-5-2-6-10-12/h1-10,16-18H. The SMILES string of the molecule is O=[PH]1O[SiH](c2ccccc2)[SiH](c2ccccc2)O1. The van der Waals surface area contributed by atoms with Gasteiger partial charge in [0.05, 0.1) is 0 Å². The normalized spacial score (nSPS) is 27.2. The van der Waals surface area contributed by atoms with Crippen LogP contribution in [0, 0.1) is 0 Å². The van der Waals surface area contributed by atoms with Gasteiger partial charge in [-0.1, -0.05) is 60.7 Å². The lowest BCUT2D eigenvalue weighted by Crippen LogP contribution is -2.51. The summed E-state index contributed by atoms with van der Waals surface area (Å²) in [6.45, 7) is 0. The van der Waals surface area contributed by atoms with Crippen molar-refractivity contribution in [3.63, 3.8) is 0 Å². The molecule has 2 aromatic rings. The molecule has 0 spiro atoms. The van der Waals surface area contributed by atoms with Crippen molar-refractivity contribution in [2.75, 3.05) is 0 Å². The van der Waals surface area contributed by atoms with Gasteiger partial charge >= 0.3 is 0 Å². The topological polar surface area (TPSA) is 35.5 Å². The second-order valence-corrected chi connectivity index (χ2v) is 13.2. The van der Waals surface area contributed by atoms with E-state index in [0.717, 1.165) is 0 Å². The van der Waals surface area contributed by atoms with E-state index in [1.54, 1.807) is 0 Å². The Morgan fingerprint density at radius 2 is 1.11 bits per heavy atom. The quantitative estimate of drug-likeness (QED) is 0.606. The molecular formula is C12H13O3PSi2. The third kappa shape index (κ3) is 2.41. The minimum atomic E-state index is -2.27.